The second-order valence-corrected chi connectivity index (χ2v) is 30.7. The van der Waals surface area contributed by atoms with Crippen molar-refractivity contribution in [3.05, 3.63) is 0 Å². The number of rotatable bonds is 74. The van der Waals surface area contributed by atoms with Gasteiger partial charge in [-0.05, 0) is 37.5 Å². The minimum absolute atomic E-state index is 0.107. The smallest absolute Gasteiger partial charge is 0.462 e. The number of hydrogen-bond donors (Lipinski definition) is 3. The maximum absolute atomic E-state index is 13.1. The van der Waals surface area contributed by atoms with Crippen molar-refractivity contribution >= 4 is 39.5 Å². The lowest BCUT2D eigenvalue weighted by atomic mass is 10.00. The van der Waals surface area contributed by atoms with E-state index in [1.165, 1.54) is 199 Å². The lowest BCUT2D eigenvalue weighted by Gasteiger charge is -2.21. The van der Waals surface area contributed by atoms with E-state index in [2.05, 4.69) is 41.5 Å². The molecule has 0 spiro atoms. The Labute approximate surface area is 575 Å². The number of aliphatic hydroxyl groups is 1. The first-order valence-corrected chi connectivity index (χ1v) is 42.0. The molecule has 0 heterocycles. The van der Waals surface area contributed by atoms with Crippen LogP contribution in [0.15, 0.2) is 0 Å². The molecule has 94 heavy (non-hydrogen) atoms. The summed E-state index contributed by atoms with van der Waals surface area (Å²) in [6.45, 7) is 9.58. The Morgan fingerprint density at radius 2 is 0.543 bits per heavy atom. The number of phosphoric acid groups is 2. The molecular weight excluding hydrogens is 1230 g/mol. The van der Waals surface area contributed by atoms with Gasteiger partial charge < -0.3 is 33.8 Å². The van der Waals surface area contributed by atoms with Crippen LogP contribution in [0.2, 0.25) is 0 Å². The number of unbranched alkanes of at least 4 members (excludes halogenated alkanes) is 43. The fraction of sp³-hybridized carbons (Fsp3) is 0.947. The third-order valence-electron chi connectivity index (χ3n) is 17.8. The minimum Gasteiger partial charge on any atom is -0.462 e. The maximum atomic E-state index is 13.1. The third kappa shape index (κ3) is 67.3. The van der Waals surface area contributed by atoms with E-state index in [0.29, 0.717) is 25.7 Å². The molecule has 3 unspecified atom stereocenters. The summed E-state index contributed by atoms with van der Waals surface area (Å²) in [6.07, 6.45) is 54.0. The summed E-state index contributed by atoms with van der Waals surface area (Å²) in [4.78, 5) is 72.8. The average molecular weight is 1380 g/mol. The highest BCUT2D eigenvalue weighted by Gasteiger charge is 2.30. The number of carbonyl (C=O) groups excluding carboxylic acids is 4. The summed E-state index contributed by atoms with van der Waals surface area (Å²) in [5.41, 5.74) is 0. The Hall–Kier alpha value is -1.94. The van der Waals surface area contributed by atoms with E-state index in [1.807, 2.05) is 0 Å². The second-order valence-electron chi connectivity index (χ2n) is 27.8. The highest BCUT2D eigenvalue weighted by Crippen LogP contribution is 2.45. The Balaban J connectivity index is 5.25. The topological polar surface area (TPSA) is 237 Å². The number of hydrogen-bond acceptors (Lipinski definition) is 15. The van der Waals surface area contributed by atoms with Gasteiger partial charge in [0.1, 0.15) is 19.3 Å². The number of carbonyl (C=O) groups is 4. The van der Waals surface area contributed by atoms with Crippen LogP contribution in [0.5, 0.6) is 0 Å². The van der Waals surface area contributed by atoms with Crippen molar-refractivity contribution in [1.82, 2.24) is 0 Å². The third-order valence-corrected chi connectivity index (χ3v) is 19.7. The molecule has 0 saturated carbocycles. The van der Waals surface area contributed by atoms with Gasteiger partial charge in [-0.2, -0.15) is 0 Å². The summed E-state index contributed by atoms with van der Waals surface area (Å²) < 4.78 is 68.5. The minimum atomic E-state index is -4.96. The fourth-order valence-electron chi connectivity index (χ4n) is 11.4. The lowest BCUT2D eigenvalue weighted by Crippen LogP contribution is -2.30. The van der Waals surface area contributed by atoms with Crippen molar-refractivity contribution in [3.8, 4) is 0 Å². The maximum Gasteiger partial charge on any atom is 0.472 e. The highest BCUT2D eigenvalue weighted by atomic mass is 31.2. The second kappa shape index (κ2) is 66.9. The van der Waals surface area contributed by atoms with E-state index >= 15 is 0 Å². The average Bonchev–Trinajstić information content (AvgIpc) is 2.16. The number of aliphatic hydroxyl groups excluding tert-OH is 1. The standard InChI is InChI=1S/C75H146O17P2/c1-7-10-12-14-16-18-20-22-27-30-34-38-45-51-57-72(77)85-63-70(91-74(79)60-54-48-40-36-32-28-24-23-26-29-33-37-43-49-55-67(4)5)65-89-93(81,82)87-61-69(76)62-88-94(83,84)90-66-71(64-86-73(78)58-52-46-42-41-44-50-56-68(6)9-3)92-75(80)59-53-47-39-35-31-25-21-19-17-15-13-11-8-2/h67-71,76H,7-66H2,1-6H3,(H,81,82)(H,83,84)/t68?,69-,70-,71-/m1/s1. The normalized spacial score (nSPS) is 14.3. The van der Waals surface area contributed by atoms with E-state index in [-0.39, 0.29) is 25.7 Å². The van der Waals surface area contributed by atoms with Gasteiger partial charge in [0.2, 0.25) is 0 Å². The molecule has 0 aromatic carbocycles. The molecule has 19 heteroatoms. The lowest BCUT2D eigenvalue weighted by molar-refractivity contribution is -0.161. The molecule has 3 N–H and O–H groups in total. The Bertz CT molecular complexity index is 1820. The first-order valence-electron chi connectivity index (χ1n) is 39.0. The van der Waals surface area contributed by atoms with E-state index in [9.17, 15) is 43.2 Å². The molecule has 0 aliphatic carbocycles. The van der Waals surface area contributed by atoms with Crippen LogP contribution >= 0.6 is 15.6 Å². The number of phosphoric ester groups is 2. The Kier molecular flexibility index (Phi) is 65.5. The van der Waals surface area contributed by atoms with Gasteiger partial charge in [-0.15, -0.1) is 0 Å². The van der Waals surface area contributed by atoms with Crippen LogP contribution in [0, 0.1) is 11.8 Å². The van der Waals surface area contributed by atoms with Gasteiger partial charge in [-0.3, -0.25) is 37.3 Å². The summed E-state index contributed by atoms with van der Waals surface area (Å²) in [5, 5.41) is 10.6. The van der Waals surface area contributed by atoms with Crippen LogP contribution in [-0.2, 0) is 65.4 Å². The van der Waals surface area contributed by atoms with E-state index in [4.69, 9.17) is 37.0 Å². The van der Waals surface area contributed by atoms with E-state index in [0.717, 1.165) is 108 Å². The molecular formula is C75H146O17P2. The summed E-state index contributed by atoms with van der Waals surface area (Å²) in [5.74, 6) is -0.589. The van der Waals surface area contributed by atoms with Crippen molar-refractivity contribution in [1.29, 1.82) is 0 Å². The predicted octanol–water partition coefficient (Wildman–Crippen LogP) is 21.9. The van der Waals surface area contributed by atoms with Crippen LogP contribution < -0.4 is 0 Å². The molecule has 0 aromatic rings. The van der Waals surface area contributed by atoms with Gasteiger partial charge in [0.25, 0.3) is 0 Å². The molecule has 0 radical (unpaired) electrons. The molecule has 0 bridgehead atoms. The fourth-order valence-corrected chi connectivity index (χ4v) is 13.0. The van der Waals surface area contributed by atoms with Crippen molar-refractivity contribution in [3.63, 3.8) is 0 Å². The molecule has 0 aromatic heterocycles. The molecule has 558 valence electrons. The zero-order valence-electron chi connectivity index (χ0n) is 61.3. The molecule has 0 aliphatic heterocycles. The van der Waals surface area contributed by atoms with Crippen molar-refractivity contribution < 1.29 is 80.2 Å². The quantitative estimate of drug-likeness (QED) is 0.0222. The van der Waals surface area contributed by atoms with Crippen LogP contribution in [0.3, 0.4) is 0 Å². The first-order chi connectivity index (χ1) is 45.4. The van der Waals surface area contributed by atoms with Gasteiger partial charge in [-0.1, -0.05) is 337 Å². The summed E-state index contributed by atoms with van der Waals surface area (Å²) in [6, 6.07) is 0. The zero-order chi connectivity index (χ0) is 69.3. The van der Waals surface area contributed by atoms with Crippen LogP contribution in [-0.4, -0.2) is 96.7 Å². The largest absolute Gasteiger partial charge is 0.472 e. The molecule has 0 rings (SSSR count). The van der Waals surface area contributed by atoms with Gasteiger partial charge in [0.05, 0.1) is 26.4 Å². The van der Waals surface area contributed by atoms with Crippen molar-refractivity contribution in [2.75, 3.05) is 39.6 Å². The van der Waals surface area contributed by atoms with Crippen molar-refractivity contribution in [2.45, 2.75) is 407 Å². The molecule has 0 aliphatic rings. The van der Waals surface area contributed by atoms with E-state index in [1.54, 1.807) is 0 Å². The number of ether oxygens (including phenoxy) is 4. The van der Waals surface area contributed by atoms with Crippen LogP contribution in [0.1, 0.15) is 388 Å². The van der Waals surface area contributed by atoms with Crippen LogP contribution in [0.4, 0.5) is 0 Å². The highest BCUT2D eigenvalue weighted by molar-refractivity contribution is 7.47. The van der Waals surface area contributed by atoms with Gasteiger partial charge in [0.15, 0.2) is 12.2 Å². The molecule has 6 atom stereocenters. The molecule has 0 amide bonds. The summed E-state index contributed by atoms with van der Waals surface area (Å²) >= 11 is 0. The van der Waals surface area contributed by atoms with Crippen molar-refractivity contribution in [2.24, 2.45) is 11.8 Å². The first kappa shape index (κ1) is 92.1. The SMILES string of the molecule is CCCCCCCCCCCCCCCCC(=O)OC[C@H](COP(=O)(O)OC[C@@H](O)COP(=O)(O)OC[C@@H](COC(=O)CCCCCCCCC(C)CC)OC(=O)CCCCCCCCCCCCCCC)OC(=O)CCCCCCCCCCCCCCCCC(C)C. The Morgan fingerprint density at radius 1 is 0.309 bits per heavy atom. The van der Waals surface area contributed by atoms with E-state index < -0.39 is 97.5 Å². The van der Waals surface area contributed by atoms with Gasteiger partial charge in [0, 0.05) is 25.7 Å². The monoisotopic (exact) mass is 1380 g/mol. The van der Waals surface area contributed by atoms with Gasteiger partial charge in [-0.25, -0.2) is 9.13 Å². The Morgan fingerprint density at radius 3 is 0.809 bits per heavy atom. The van der Waals surface area contributed by atoms with Crippen LogP contribution in [0.25, 0.3) is 0 Å². The summed E-state index contributed by atoms with van der Waals surface area (Å²) in [7, 11) is -9.91. The molecule has 17 nitrogen and oxygen atoms in total. The van der Waals surface area contributed by atoms with Gasteiger partial charge >= 0.3 is 39.5 Å². The molecule has 0 fully saturated rings. The zero-order valence-corrected chi connectivity index (χ0v) is 63.1. The number of esters is 4. The predicted molar refractivity (Wildman–Crippen MR) is 381 cm³/mol. The molecule has 0 saturated heterocycles.